The number of hydrogen-bond donors (Lipinski definition) is 2. The first-order valence-corrected chi connectivity index (χ1v) is 5.62. The van der Waals surface area contributed by atoms with E-state index in [-0.39, 0.29) is 0 Å². The highest BCUT2D eigenvalue weighted by molar-refractivity contribution is 8.06. The Morgan fingerprint density at radius 3 is 2.71 bits per heavy atom. The third-order valence-electron chi connectivity index (χ3n) is 1.78. The number of rotatable bonds is 1. The third-order valence-corrected chi connectivity index (χ3v) is 2.56. The quantitative estimate of drug-likeness (QED) is 0.648. The normalized spacial score (nSPS) is 17.6. The minimum absolute atomic E-state index is 0.469. The first-order valence-electron chi connectivity index (χ1n) is 4.06. The number of hydrazone groups is 1. The zero-order chi connectivity index (χ0) is 9.97. The number of hydrazine groups is 2. The first-order chi connectivity index (χ1) is 6.79. The lowest BCUT2D eigenvalue weighted by molar-refractivity contribution is 0.609. The Morgan fingerprint density at radius 1 is 1.36 bits per heavy atom. The van der Waals surface area contributed by atoms with Gasteiger partial charge in [0.2, 0.25) is 0 Å². The molecule has 5 nitrogen and oxygen atoms in total. The number of nitrogens with one attached hydrogen (secondary N) is 2. The summed E-state index contributed by atoms with van der Waals surface area (Å²) in [7, 11) is 0. The summed E-state index contributed by atoms with van der Waals surface area (Å²) in [6.45, 7) is 0. The van der Waals surface area contributed by atoms with Crippen molar-refractivity contribution in [3.8, 4) is 0 Å². The molecule has 0 spiro atoms. The smallest absolute Gasteiger partial charge is 0.357 e. The molecule has 1 aromatic rings. The molecule has 74 valence electrons. The van der Waals surface area contributed by atoms with E-state index in [0.29, 0.717) is 5.17 Å². The number of nitrogens with zero attached hydrogens (tertiary/aromatic N) is 2. The van der Waals surface area contributed by atoms with Crippen molar-refractivity contribution in [2.75, 3.05) is 11.3 Å². The Balaban J connectivity index is 2.24. The predicted octanol–water partition coefficient (Wildman–Crippen LogP) is 0.165. The van der Waals surface area contributed by atoms with Gasteiger partial charge in [-0.05, 0) is 12.1 Å². The molecule has 0 radical (unpaired) electrons. The van der Waals surface area contributed by atoms with Crippen LogP contribution in [0, 0.1) is 0 Å². The Bertz CT molecular complexity index is 340. The Kier molecular flexibility index (Phi) is 2.58. The highest BCUT2D eigenvalue weighted by Gasteiger charge is 2.26. The molecule has 14 heavy (non-hydrogen) atoms. The summed E-state index contributed by atoms with van der Waals surface area (Å²) in [5.74, 6) is 0. The van der Waals surface area contributed by atoms with Crippen molar-refractivity contribution in [1.29, 1.82) is 0 Å². The van der Waals surface area contributed by atoms with Gasteiger partial charge in [0.1, 0.15) is 6.26 Å². The van der Waals surface area contributed by atoms with Gasteiger partial charge in [0.05, 0.1) is 5.69 Å². The van der Waals surface area contributed by atoms with Crippen LogP contribution < -0.4 is 16.1 Å². The number of amidine groups is 1. The molecular formula is C8H10N4OS. The average Bonchev–Trinajstić information content (AvgIpc) is 2.67. The summed E-state index contributed by atoms with van der Waals surface area (Å²) in [5, 5.41) is 5.99. The molecule has 0 amide bonds. The minimum Gasteiger partial charge on any atom is -0.609 e. The van der Waals surface area contributed by atoms with Crippen LogP contribution in [0.3, 0.4) is 0 Å². The molecule has 1 atom stereocenters. The standard InChI is InChI=1S/C8H10N4OS/c1-14(13)8-9-10-11-12(8)7-5-3-2-4-6-7/h2-6,10-11H,1H3. The summed E-state index contributed by atoms with van der Waals surface area (Å²) in [5.41, 5.74) is 6.26. The summed E-state index contributed by atoms with van der Waals surface area (Å²) < 4.78 is 11.3. The van der Waals surface area contributed by atoms with Crippen molar-refractivity contribution >= 4 is 22.0 Å². The fourth-order valence-corrected chi connectivity index (χ4v) is 1.75. The molecular weight excluding hydrogens is 200 g/mol. The number of benzene rings is 1. The molecule has 1 unspecified atom stereocenters. The van der Waals surface area contributed by atoms with E-state index in [1.807, 2.05) is 30.3 Å². The summed E-state index contributed by atoms with van der Waals surface area (Å²) >= 11 is -1.12. The van der Waals surface area contributed by atoms with Gasteiger partial charge in [-0.25, -0.2) is 5.53 Å². The largest absolute Gasteiger partial charge is 0.609 e. The van der Waals surface area contributed by atoms with Crippen molar-refractivity contribution in [2.24, 2.45) is 5.10 Å². The summed E-state index contributed by atoms with van der Waals surface area (Å²) in [6.07, 6.45) is 1.59. The first kappa shape index (κ1) is 9.32. The van der Waals surface area contributed by atoms with E-state index in [9.17, 15) is 4.55 Å². The lowest BCUT2D eigenvalue weighted by Crippen LogP contribution is -2.43. The second-order valence-electron chi connectivity index (χ2n) is 2.74. The molecule has 2 rings (SSSR count). The van der Waals surface area contributed by atoms with E-state index in [0.717, 1.165) is 5.69 Å². The van der Waals surface area contributed by atoms with Crippen molar-refractivity contribution in [3.63, 3.8) is 0 Å². The molecule has 1 heterocycles. The summed E-state index contributed by atoms with van der Waals surface area (Å²) in [4.78, 5) is 0. The van der Waals surface area contributed by atoms with Crippen LogP contribution in [-0.2, 0) is 11.2 Å². The van der Waals surface area contributed by atoms with Crippen LogP contribution in [0.4, 0.5) is 5.69 Å². The third kappa shape index (κ3) is 1.67. The fraction of sp³-hybridized carbons (Fsp3) is 0.125. The van der Waals surface area contributed by atoms with Crippen LogP contribution >= 0.6 is 0 Å². The maximum Gasteiger partial charge on any atom is 0.357 e. The van der Waals surface area contributed by atoms with E-state index >= 15 is 0 Å². The zero-order valence-corrected chi connectivity index (χ0v) is 8.41. The second-order valence-corrected chi connectivity index (χ2v) is 4.02. The van der Waals surface area contributed by atoms with Gasteiger partial charge < -0.3 is 4.55 Å². The highest BCUT2D eigenvalue weighted by Crippen LogP contribution is 2.14. The molecule has 1 aromatic carbocycles. The molecule has 0 saturated carbocycles. The average molecular weight is 210 g/mol. The van der Waals surface area contributed by atoms with Crippen LogP contribution in [0.15, 0.2) is 35.4 Å². The van der Waals surface area contributed by atoms with Crippen molar-refractivity contribution in [2.45, 2.75) is 0 Å². The maximum absolute atomic E-state index is 11.3. The SMILES string of the molecule is C[S+]([O-])C1=NNNN1c1ccccc1. The topological polar surface area (TPSA) is 62.7 Å². The van der Waals surface area contributed by atoms with Crippen LogP contribution in [0.25, 0.3) is 0 Å². The van der Waals surface area contributed by atoms with Gasteiger partial charge in [-0.3, -0.25) is 0 Å². The molecule has 0 aliphatic carbocycles. The van der Waals surface area contributed by atoms with Crippen LogP contribution in [0.5, 0.6) is 0 Å². The lowest BCUT2D eigenvalue weighted by atomic mass is 10.3. The molecule has 1 aliphatic heterocycles. The molecule has 0 bridgehead atoms. The number of para-hydroxylation sites is 1. The molecule has 1 aliphatic rings. The van der Waals surface area contributed by atoms with Crippen molar-refractivity contribution < 1.29 is 4.55 Å². The molecule has 2 N–H and O–H groups in total. The van der Waals surface area contributed by atoms with Crippen molar-refractivity contribution in [3.05, 3.63) is 30.3 Å². The monoisotopic (exact) mass is 210 g/mol. The van der Waals surface area contributed by atoms with E-state index in [1.54, 1.807) is 11.3 Å². The van der Waals surface area contributed by atoms with E-state index in [4.69, 9.17) is 0 Å². The summed E-state index contributed by atoms with van der Waals surface area (Å²) in [6, 6.07) is 9.55. The fourth-order valence-electron chi connectivity index (χ4n) is 1.17. The second kappa shape index (κ2) is 3.87. The highest BCUT2D eigenvalue weighted by atomic mass is 32.2. The number of anilines is 1. The van der Waals surface area contributed by atoms with Gasteiger partial charge in [0.15, 0.2) is 0 Å². The molecule has 6 heteroatoms. The van der Waals surface area contributed by atoms with Crippen LogP contribution in [-0.4, -0.2) is 16.0 Å². The minimum atomic E-state index is -1.12. The van der Waals surface area contributed by atoms with Crippen LogP contribution in [0.2, 0.25) is 0 Å². The van der Waals surface area contributed by atoms with Crippen LogP contribution in [0.1, 0.15) is 0 Å². The molecule has 0 fully saturated rings. The number of hydrogen-bond acceptors (Lipinski definition) is 5. The van der Waals surface area contributed by atoms with Gasteiger partial charge in [-0.15, -0.1) is 5.53 Å². The lowest BCUT2D eigenvalue weighted by Gasteiger charge is -2.17. The van der Waals surface area contributed by atoms with Gasteiger partial charge in [-0.1, -0.05) is 23.3 Å². The van der Waals surface area contributed by atoms with E-state index < -0.39 is 11.2 Å². The van der Waals surface area contributed by atoms with Gasteiger partial charge in [0.25, 0.3) is 0 Å². The molecule has 0 aromatic heterocycles. The Morgan fingerprint density at radius 2 is 2.07 bits per heavy atom. The van der Waals surface area contributed by atoms with Gasteiger partial charge >= 0.3 is 5.17 Å². The molecule has 0 saturated heterocycles. The van der Waals surface area contributed by atoms with Gasteiger partial charge in [-0.2, -0.15) is 5.01 Å². The van der Waals surface area contributed by atoms with Crippen molar-refractivity contribution in [1.82, 2.24) is 11.1 Å². The predicted molar refractivity (Wildman–Crippen MR) is 56.7 cm³/mol. The Labute approximate surface area is 84.9 Å². The van der Waals surface area contributed by atoms with Gasteiger partial charge in [0, 0.05) is 11.2 Å². The Hall–Kier alpha value is -1.24. The zero-order valence-electron chi connectivity index (χ0n) is 7.60. The maximum atomic E-state index is 11.3. The van der Waals surface area contributed by atoms with E-state index in [2.05, 4.69) is 16.2 Å². The van der Waals surface area contributed by atoms with E-state index in [1.165, 1.54) is 0 Å².